The Balaban J connectivity index is 1.82. The number of nitrogens with zero attached hydrogens (tertiary/aromatic N) is 5. The largest absolute Gasteiger partial charge is 0.269 e. The Morgan fingerprint density at radius 3 is 1.91 bits per heavy atom. The Bertz CT molecular complexity index is 1390. The third-order valence-electron chi connectivity index (χ3n) is 4.42. The third kappa shape index (κ3) is 4.85. The van der Waals surface area contributed by atoms with E-state index in [1.54, 1.807) is 24.3 Å². The van der Waals surface area contributed by atoms with E-state index in [1.807, 2.05) is 34.9 Å². The lowest BCUT2D eigenvalue weighted by molar-refractivity contribution is -0.385. The minimum Gasteiger partial charge on any atom is -0.261 e. The van der Waals surface area contributed by atoms with Gasteiger partial charge in [-0.25, -0.2) is 4.99 Å². The van der Waals surface area contributed by atoms with Crippen molar-refractivity contribution in [3.8, 4) is 5.69 Å². The SMILES string of the molecule is O=[N+]([O-])c1ccc(N=c2ssc(=NCc3ccccc3)n2-c2ccc([N+](=O)[O-])cc2)cc1. The van der Waals surface area contributed by atoms with Gasteiger partial charge in [0.05, 0.1) is 27.8 Å². The van der Waals surface area contributed by atoms with Crippen molar-refractivity contribution in [2.24, 2.45) is 9.98 Å². The fourth-order valence-corrected chi connectivity index (χ4v) is 5.01. The van der Waals surface area contributed by atoms with Gasteiger partial charge in [0.2, 0.25) is 9.60 Å². The first-order valence-electron chi connectivity index (χ1n) is 9.32. The summed E-state index contributed by atoms with van der Waals surface area (Å²) in [7, 11) is 2.83. The van der Waals surface area contributed by atoms with Gasteiger partial charge in [0.25, 0.3) is 11.4 Å². The molecule has 160 valence electrons. The molecule has 0 spiro atoms. The van der Waals surface area contributed by atoms with E-state index in [0.717, 1.165) is 5.56 Å². The average Bonchev–Trinajstić information content (AvgIpc) is 3.21. The standard InChI is InChI=1S/C21H15N5O4S2/c27-25(28)18-8-6-16(7-9-18)23-21-24(17-10-12-19(13-11-17)26(29)30)20(31-32-21)22-14-15-4-2-1-3-5-15/h1-13H,14H2. The van der Waals surface area contributed by atoms with Crippen LogP contribution in [0.15, 0.2) is 88.8 Å². The zero-order valence-electron chi connectivity index (χ0n) is 16.4. The molecule has 11 heteroatoms. The van der Waals surface area contributed by atoms with E-state index in [1.165, 1.54) is 44.9 Å². The topological polar surface area (TPSA) is 116 Å². The molecule has 0 aliphatic rings. The van der Waals surface area contributed by atoms with Crippen molar-refractivity contribution >= 4 is 37.7 Å². The number of non-ortho nitro benzene ring substituents is 2. The number of nitro groups is 2. The molecule has 0 fully saturated rings. The minimum atomic E-state index is -0.464. The molecule has 0 atom stereocenters. The van der Waals surface area contributed by atoms with E-state index in [4.69, 9.17) is 4.99 Å². The maximum atomic E-state index is 11.0. The lowest BCUT2D eigenvalue weighted by Gasteiger charge is -2.03. The van der Waals surface area contributed by atoms with Gasteiger partial charge in [-0.1, -0.05) is 30.3 Å². The molecule has 0 aliphatic heterocycles. The molecule has 0 bridgehead atoms. The van der Waals surface area contributed by atoms with Crippen molar-refractivity contribution in [2.75, 3.05) is 0 Å². The average molecular weight is 466 g/mol. The van der Waals surface area contributed by atoms with Gasteiger partial charge in [0.1, 0.15) is 0 Å². The van der Waals surface area contributed by atoms with Crippen LogP contribution in [-0.2, 0) is 6.54 Å². The van der Waals surface area contributed by atoms with Crippen LogP contribution >= 0.6 is 20.7 Å². The number of aromatic nitrogens is 1. The Morgan fingerprint density at radius 1 is 0.750 bits per heavy atom. The van der Waals surface area contributed by atoms with Crippen molar-refractivity contribution in [3.05, 3.63) is 114 Å². The highest BCUT2D eigenvalue weighted by Crippen LogP contribution is 2.19. The molecular weight excluding hydrogens is 450 g/mol. The maximum Gasteiger partial charge on any atom is 0.269 e. The van der Waals surface area contributed by atoms with Crippen molar-refractivity contribution < 1.29 is 9.85 Å². The summed E-state index contributed by atoms with van der Waals surface area (Å²) in [6.07, 6.45) is 0. The molecule has 32 heavy (non-hydrogen) atoms. The molecule has 0 unspecified atom stereocenters. The molecule has 0 amide bonds. The van der Waals surface area contributed by atoms with E-state index in [-0.39, 0.29) is 11.4 Å². The predicted molar refractivity (Wildman–Crippen MR) is 122 cm³/mol. The first kappa shape index (κ1) is 21.3. The molecule has 1 heterocycles. The highest BCUT2D eigenvalue weighted by Gasteiger charge is 2.10. The second kappa shape index (κ2) is 9.45. The molecular formula is C21H15N5O4S2. The molecule has 3 aromatic carbocycles. The molecule has 9 nitrogen and oxygen atoms in total. The smallest absolute Gasteiger partial charge is 0.261 e. The number of hydrogen-bond donors (Lipinski definition) is 0. The minimum absolute atomic E-state index is 0.00937. The summed E-state index contributed by atoms with van der Waals surface area (Å²) in [5, 5.41) is 21.9. The van der Waals surface area contributed by atoms with Crippen molar-refractivity contribution in [2.45, 2.75) is 6.54 Å². The number of hydrogen-bond acceptors (Lipinski definition) is 8. The molecule has 0 radical (unpaired) electrons. The highest BCUT2D eigenvalue weighted by atomic mass is 32.9. The van der Waals surface area contributed by atoms with Crippen molar-refractivity contribution in [3.63, 3.8) is 0 Å². The first-order chi connectivity index (χ1) is 15.5. The molecule has 4 aromatic rings. The van der Waals surface area contributed by atoms with E-state index in [0.29, 0.717) is 27.5 Å². The highest BCUT2D eigenvalue weighted by molar-refractivity contribution is 7.67. The van der Waals surface area contributed by atoms with Crippen LogP contribution in [0.1, 0.15) is 5.56 Å². The Hall–Kier alpha value is -3.96. The summed E-state index contributed by atoms with van der Waals surface area (Å²) in [5.74, 6) is 0. The lowest BCUT2D eigenvalue weighted by Crippen LogP contribution is -2.24. The summed E-state index contributed by atoms with van der Waals surface area (Å²) in [6.45, 7) is 0.470. The zero-order valence-corrected chi connectivity index (χ0v) is 18.0. The van der Waals surface area contributed by atoms with Crippen LogP contribution in [0.3, 0.4) is 0 Å². The van der Waals surface area contributed by atoms with Crippen LogP contribution < -0.4 is 9.60 Å². The van der Waals surface area contributed by atoms with E-state index < -0.39 is 9.85 Å². The van der Waals surface area contributed by atoms with Gasteiger partial charge in [-0.15, -0.1) is 0 Å². The second-order valence-corrected chi connectivity index (χ2v) is 8.59. The van der Waals surface area contributed by atoms with Gasteiger partial charge in [0, 0.05) is 24.3 Å². The van der Waals surface area contributed by atoms with Crippen molar-refractivity contribution in [1.82, 2.24) is 4.57 Å². The fraction of sp³-hybridized carbons (Fsp3) is 0.0476. The molecule has 0 N–H and O–H groups in total. The van der Waals surface area contributed by atoms with Gasteiger partial charge in [-0.2, -0.15) is 0 Å². The Kier molecular flexibility index (Phi) is 6.29. The van der Waals surface area contributed by atoms with Gasteiger partial charge in [0.15, 0.2) is 0 Å². The molecule has 0 aliphatic carbocycles. The van der Waals surface area contributed by atoms with Crippen LogP contribution in [0.5, 0.6) is 0 Å². The summed E-state index contributed by atoms with van der Waals surface area (Å²) >= 11 is 0. The second-order valence-electron chi connectivity index (χ2n) is 6.53. The summed E-state index contributed by atoms with van der Waals surface area (Å²) in [5.41, 5.74) is 2.26. The van der Waals surface area contributed by atoms with Gasteiger partial charge in [-0.3, -0.25) is 29.8 Å². The van der Waals surface area contributed by atoms with Crippen LogP contribution in [0.4, 0.5) is 17.1 Å². The molecule has 4 rings (SSSR count). The normalized spacial score (nSPS) is 12.1. The fourth-order valence-electron chi connectivity index (χ4n) is 2.84. The van der Waals surface area contributed by atoms with Crippen LogP contribution in [0, 0.1) is 20.2 Å². The quantitative estimate of drug-likeness (QED) is 0.232. The number of nitro benzene ring substituents is 2. The van der Waals surface area contributed by atoms with Gasteiger partial charge in [-0.05, 0) is 50.5 Å². The molecule has 0 saturated heterocycles. The zero-order chi connectivity index (χ0) is 22.5. The third-order valence-corrected chi connectivity index (χ3v) is 6.53. The van der Waals surface area contributed by atoms with Crippen molar-refractivity contribution in [1.29, 1.82) is 0 Å². The number of rotatable bonds is 6. The van der Waals surface area contributed by atoms with E-state index >= 15 is 0 Å². The summed E-state index contributed by atoms with van der Waals surface area (Å²) in [6, 6.07) is 21.9. The van der Waals surface area contributed by atoms with E-state index in [2.05, 4.69) is 4.99 Å². The van der Waals surface area contributed by atoms with Gasteiger partial charge >= 0.3 is 0 Å². The van der Waals surface area contributed by atoms with Crippen LogP contribution in [0.25, 0.3) is 5.69 Å². The summed E-state index contributed by atoms with van der Waals surface area (Å²) in [4.78, 5) is 31.6. The monoisotopic (exact) mass is 465 g/mol. The molecule has 0 saturated carbocycles. The summed E-state index contributed by atoms with van der Waals surface area (Å²) < 4.78 is 1.82. The Morgan fingerprint density at radius 2 is 1.31 bits per heavy atom. The first-order valence-corrected chi connectivity index (χ1v) is 11.5. The maximum absolute atomic E-state index is 11.0. The predicted octanol–water partition coefficient (Wildman–Crippen LogP) is 4.75. The van der Waals surface area contributed by atoms with Crippen LogP contribution in [-0.4, -0.2) is 14.4 Å². The number of benzene rings is 3. The van der Waals surface area contributed by atoms with Gasteiger partial charge < -0.3 is 0 Å². The lowest BCUT2D eigenvalue weighted by atomic mass is 10.2. The van der Waals surface area contributed by atoms with E-state index in [9.17, 15) is 20.2 Å². The van der Waals surface area contributed by atoms with Crippen LogP contribution in [0.2, 0.25) is 0 Å². The molecule has 1 aromatic heterocycles. The Labute approximate surface area is 188 Å².